The lowest BCUT2D eigenvalue weighted by molar-refractivity contribution is -0.128. The predicted octanol–water partition coefficient (Wildman–Crippen LogP) is 0.853. The topological polar surface area (TPSA) is 49.6 Å². The van der Waals surface area contributed by atoms with E-state index in [0.717, 1.165) is 38.9 Å². The van der Waals surface area contributed by atoms with Crippen LogP contribution in [0.1, 0.15) is 25.7 Å². The number of rotatable bonds is 5. The molecule has 0 spiro atoms. The summed E-state index contributed by atoms with van der Waals surface area (Å²) < 4.78 is 0. The van der Waals surface area contributed by atoms with Crippen molar-refractivity contribution in [2.75, 3.05) is 33.7 Å². The second-order valence-electron chi connectivity index (χ2n) is 4.93. The molecule has 1 unspecified atom stereocenters. The molecule has 1 rings (SSSR count). The van der Waals surface area contributed by atoms with Crippen molar-refractivity contribution in [3.05, 3.63) is 0 Å². The molecule has 0 aromatic carbocycles. The summed E-state index contributed by atoms with van der Waals surface area (Å²) in [7, 11) is 3.60. The summed E-state index contributed by atoms with van der Waals surface area (Å²) in [6.45, 7) is 3.04. The Morgan fingerprint density at radius 2 is 2.24 bits per heavy atom. The largest absolute Gasteiger partial charge is 0.393 e. The van der Waals surface area contributed by atoms with Crippen molar-refractivity contribution >= 4 is 23.1 Å². The number of amides is 1. The molecule has 1 fully saturated rings. The highest BCUT2D eigenvalue weighted by atomic mass is 32.1. The first-order chi connectivity index (χ1) is 8.00. The van der Waals surface area contributed by atoms with E-state index in [2.05, 4.69) is 4.90 Å². The Balaban J connectivity index is 2.23. The van der Waals surface area contributed by atoms with Gasteiger partial charge in [0, 0.05) is 33.0 Å². The zero-order chi connectivity index (χ0) is 12.8. The molecule has 0 aromatic heterocycles. The third-order valence-electron chi connectivity index (χ3n) is 3.27. The minimum absolute atomic E-state index is 0.202. The maximum Gasteiger partial charge on any atom is 0.222 e. The monoisotopic (exact) mass is 257 g/mol. The summed E-state index contributed by atoms with van der Waals surface area (Å²) in [6.07, 6.45) is 3.81. The van der Waals surface area contributed by atoms with Gasteiger partial charge in [0.05, 0.1) is 4.99 Å². The van der Waals surface area contributed by atoms with Crippen molar-refractivity contribution < 1.29 is 4.79 Å². The molecule has 0 aliphatic carbocycles. The average molecular weight is 257 g/mol. The van der Waals surface area contributed by atoms with E-state index in [1.54, 1.807) is 19.0 Å². The van der Waals surface area contributed by atoms with E-state index in [1.165, 1.54) is 0 Å². The number of hydrogen-bond donors (Lipinski definition) is 1. The van der Waals surface area contributed by atoms with Gasteiger partial charge in [0.2, 0.25) is 5.91 Å². The third-order valence-corrected chi connectivity index (χ3v) is 3.61. The van der Waals surface area contributed by atoms with Gasteiger partial charge in [-0.05, 0) is 32.4 Å². The third kappa shape index (κ3) is 5.00. The normalized spacial score (nSPS) is 21.2. The lowest BCUT2D eigenvalue weighted by Gasteiger charge is -2.32. The predicted molar refractivity (Wildman–Crippen MR) is 73.9 cm³/mol. The van der Waals surface area contributed by atoms with Gasteiger partial charge in [0.25, 0.3) is 0 Å². The van der Waals surface area contributed by atoms with Crippen molar-refractivity contribution in [2.45, 2.75) is 25.7 Å². The van der Waals surface area contributed by atoms with Crippen LogP contribution < -0.4 is 5.73 Å². The van der Waals surface area contributed by atoms with Crippen molar-refractivity contribution in [2.24, 2.45) is 11.7 Å². The highest BCUT2D eigenvalue weighted by Gasteiger charge is 2.21. The van der Waals surface area contributed by atoms with Crippen LogP contribution in [0.25, 0.3) is 0 Å². The molecule has 5 heteroatoms. The van der Waals surface area contributed by atoms with E-state index in [1.807, 2.05) is 0 Å². The van der Waals surface area contributed by atoms with E-state index in [0.29, 0.717) is 17.3 Å². The Bertz CT molecular complexity index is 281. The van der Waals surface area contributed by atoms with Crippen LogP contribution in [0.5, 0.6) is 0 Å². The molecule has 17 heavy (non-hydrogen) atoms. The highest BCUT2D eigenvalue weighted by molar-refractivity contribution is 7.80. The van der Waals surface area contributed by atoms with Crippen molar-refractivity contribution in [1.82, 2.24) is 9.80 Å². The number of hydrogen-bond acceptors (Lipinski definition) is 3. The van der Waals surface area contributed by atoms with Gasteiger partial charge in [-0.25, -0.2) is 0 Å². The fraction of sp³-hybridized carbons (Fsp3) is 0.833. The maximum atomic E-state index is 11.4. The lowest BCUT2D eigenvalue weighted by Crippen LogP contribution is -2.41. The van der Waals surface area contributed by atoms with Gasteiger partial charge in [-0.15, -0.1) is 0 Å². The van der Waals surface area contributed by atoms with Crippen LogP contribution in [0.4, 0.5) is 0 Å². The highest BCUT2D eigenvalue weighted by Crippen LogP contribution is 2.17. The fourth-order valence-electron chi connectivity index (χ4n) is 2.17. The molecule has 0 radical (unpaired) electrons. The number of carbonyl (C=O) groups is 1. The van der Waals surface area contributed by atoms with Crippen LogP contribution in [-0.2, 0) is 4.79 Å². The maximum absolute atomic E-state index is 11.4. The summed E-state index contributed by atoms with van der Waals surface area (Å²) in [5.41, 5.74) is 5.69. The van der Waals surface area contributed by atoms with Crippen LogP contribution in [0.15, 0.2) is 0 Å². The average Bonchev–Trinajstić information content (AvgIpc) is 2.29. The van der Waals surface area contributed by atoms with E-state index < -0.39 is 0 Å². The van der Waals surface area contributed by atoms with Gasteiger partial charge in [0.1, 0.15) is 0 Å². The molecule has 98 valence electrons. The van der Waals surface area contributed by atoms with Crippen molar-refractivity contribution in [3.8, 4) is 0 Å². The van der Waals surface area contributed by atoms with Gasteiger partial charge in [0.15, 0.2) is 0 Å². The van der Waals surface area contributed by atoms with Crippen LogP contribution in [0, 0.1) is 5.92 Å². The molecule has 4 nitrogen and oxygen atoms in total. The van der Waals surface area contributed by atoms with Gasteiger partial charge in [-0.1, -0.05) is 12.2 Å². The van der Waals surface area contributed by atoms with E-state index in [4.69, 9.17) is 18.0 Å². The van der Waals surface area contributed by atoms with E-state index in [9.17, 15) is 4.79 Å². The minimum atomic E-state index is 0.202. The first-order valence-corrected chi connectivity index (χ1v) is 6.63. The first-order valence-electron chi connectivity index (χ1n) is 6.22. The van der Waals surface area contributed by atoms with Crippen LogP contribution in [-0.4, -0.2) is 54.4 Å². The zero-order valence-electron chi connectivity index (χ0n) is 10.8. The second-order valence-corrected chi connectivity index (χ2v) is 5.41. The molecule has 1 aliphatic heterocycles. The standard InChI is InChI=1S/C12H23N3OS/c1-14(2)11(16)6-4-8-15-7-3-5-10(9-15)12(13)17/h10H,3-9H2,1-2H3,(H2,13,17). The number of nitrogens with zero attached hydrogens (tertiary/aromatic N) is 2. The first kappa shape index (κ1) is 14.4. The summed E-state index contributed by atoms with van der Waals surface area (Å²) >= 11 is 5.05. The minimum Gasteiger partial charge on any atom is -0.393 e. The fourth-order valence-corrected chi connectivity index (χ4v) is 2.36. The number of piperidine rings is 1. The van der Waals surface area contributed by atoms with Crippen molar-refractivity contribution in [3.63, 3.8) is 0 Å². The van der Waals surface area contributed by atoms with Crippen LogP contribution >= 0.6 is 12.2 Å². The van der Waals surface area contributed by atoms with Crippen LogP contribution in [0.2, 0.25) is 0 Å². The van der Waals surface area contributed by atoms with Gasteiger partial charge in [-0.2, -0.15) is 0 Å². The number of nitrogens with two attached hydrogens (primary N) is 1. The van der Waals surface area contributed by atoms with Gasteiger partial charge in [-0.3, -0.25) is 4.79 Å². The smallest absolute Gasteiger partial charge is 0.222 e. The van der Waals surface area contributed by atoms with E-state index >= 15 is 0 Å². The Morgan fingerprint density at radius 1 is 1.53 bits per heavy atom. The zero-order valence-corrected chi connectivity index (χ0v) is 11.6. The molecular formula is C12H23N3OS. The Labute approximate surface area is 109 Å². The lowest BCUT2D eigenvalue weighted by atomic mass is 9.98. The summed E-state index contributed by atoms with van der Waals surface area (Å²) in [5.74, 6) is 0.566. The summed E-state index contributed by atoms with van der Waals surface area (Å²) in [5, 5.41) is 0. The van der Waals surface area contributed by atoms with Crippen LogP contribution in [0.3, 0.4) is 0 Å². The Morgan fingerprint density at radius 3 is 2.82 bits per heavy atom. The Hall–Kier alpha value is -0.680. The van der Waals surface area contributed by atoms with Gasteiger partial charge < -0.3 is 15.5 Å². The molecule has 1 heterocycles. The number of thiocarbonyl (C=S) groups is 1. The second kappa shape index (κ2) is 6.91. The molecule has 1 saturated heterocycles. The Kier molecular flexibility index (Phi) is 5.85. The number of likely N-dealkylation sites (tertiary alicyclic amines) is 1. The molecule has 1 aliphatic rings. The molecular weight excluding hydrogens is 234 g/mol. The quantitative estimate of drug-likeness (QED) is 0.742. The van der Waals surface area contributed by atoms with Crippen molar-refractivity contribution in [1.29, 1.82) is 0 Å². The molecule has 1 atom stereocenters. The molecule has 0 aromatic rings. The molecule has 0 bridgehead atoms. The molecule has 2 N–H and O–H groups in total. The van der Waals surface area contributed by atoms with E-state index in [-0.39, 0.29) is 5.91 Å². The SMILES string of the molecule is CN(C)C(=O)CCCN1CCCC(C(N)=S)C1. The molecule has 0 saturated carbocycles. The summed E-state index contributed by atoms with van der Waals surface area (Å²) in [6, 6.07) is 0. The summed E-state index contributed by atoms with van der Waals surface area (Å²) in [4.78, 5) is 16.1. The molecule has 1 amide bonds. The number of carbonyl (C=O) groups excluding carboxylic acids is 1. The van der Waals surface area contributed by atoms with Gasteiger partial charge >= 0.3 is 0 Å².